The average molecular weight is 160 g/mol. The molecule has 1 unspecified atom stereocenters. The van der Waals surface area contributed by atoms with Gasteiger partial charge >= 0.3 is 0 Å². The van der Waals surface area contributed by atoms with E-state index in [1.807, 2.05) is 0 Å². The van der Waals surface area contributed by atoms with Gasteiger partial charge in [0.25, 0.3) is 0 Å². The minimum Gasteiger partial charge on any atom is -0.300 e. The van der Waals surface area contributed by atoms with Gasteiger partial charge in [-0.1, -0.05) is 13.3 Å². The first-order valence-corrected chi connectivity index (χ1v) is 4.44. The molecule has 0 radical (unpaired) electrons. The monoisotopic (exact) mass is 160 g/mol. The van der Waals surface area contributed by atoms with Crippen LogP contribution < -0.4 is 0 Å². The highest BCUT2D eigenvalue weighted by Gasteiger charge is 2.04. The van der Waals surface area contributed by atoms with Gasteiger partial charge in [-0.2, -0.15) is 12.6 Å². The Kier molecular flexibility index (Phi) is 5.79. The maximum Gasteiger partial charge on any atom is 0.129 e. The van der Waals surface area contributed by atoms with Gasteiger partial charge in [-0.25, -0.2) is 0 Å². The van der Waals surface area contributed by atoms with Crippen molar-refractivity contribution < 1.29 is 4.79 Å². The lowest BCUT2D eigenvalue weighted by molar-refractivity contribution is -0.117. The summed E-state index contributed by atoms with van der Waals surface area (Å²) in [5.74, 6) is 1.83. The molecule has 1 atom stereocenters. The zero-order chi connectivity index (χ0) is 7.98. The van der Waals surface area contributed by atoms with Crippen LogP contribution in [0, 0.1) is 5.92 Å². The fourth-order valence-electron chi connectivity index (χ4n) is 0.832. The second kappa shape index (κ2) is 5.78. The summed E-state index contributed by atoms with van der Waals surface area (Å²) < 4.78 is 0. The highest BCUT2D eigenvalue weighted by atomic mass is 32.1. The number of ketones is 1. The topological polar surface area (TPSA) is 17.1 Å². The molecular formula is C8H16OS. The van der Waals surface area contributed by atoms with Gasteiger partial charge in [-0.15, -0.1) is 0 Å². The Labute approximate surface area is 68.6 Å². The molecule has 0 bridgehead atoms. The summed E-state index contributed by atoms with van der Waals surface area (Å²) in [6.45, 7) is 3.78. The van der Waals surface area contributed by atoms with Crippen LogP contribution in [-0.4, -0.2) is 11.5 Å². The molecule has 0 aliphatic heterocycles. The largest absolute Gasteiger partial charge is 0.300 e. The molecule has 0 aromatic heterocycles. The number of carbonyl (C=O) groups is 1. The molecule has 0 aliphatic rings. The van der Waals surface area contributed by atoms with Gasteiger partial charge in [0, 0.05) is 6.42 Å². The van der Waals surface area contributed by atoms with Crippen molar-refractivity contribution in [1.82, 2.24) is 0 Å². The fraction of sp³-hybridized carbons (Fsp3) is 0.875. The summed E-state index contributed by atoms with van der Waals surface area (Å²) in [7, 11) is 0. The molecule has 0 spiro atoms. The predicted molar refractivity (Wildman–Crippen MR) is 47.5 cm³/mol. The molecule has 0 fully saturated rings. The summed E-state index contributed by atoms with van der Waals surface area (Å²) in [4.78, 5) is 10.6. The first-order chi connectivity index (χ1) is 4.70. The van der Waals surface area contributed by atoms with E-state index in [0.29, 0.717) is 11.7 Å². The number of thiol groups is 1. The first-order valence-electron chi connectivity index (χ1n) is 3.81. The molecule has 0 aromatic carbocycles. The number of rotatable bonds is 5. The Bertz CT molecular complexity index is 97.4. The number of hydrogen-bond donors (Lipinski definition) is 1. The minimum absolute atomic E-state index is 0.292. The maximum absolute atomic E-state index is 10.6. The molecule has 0 aromatic rings. The molecule has 2 heteroatoms. The van der Waals surface area contributed by atoms with E-state index in [1.54, 1.807) is 6.92 Å². The predicted octanol–water partition coefficient (Wildman–Crippen LogP) is 2.31. The van der Waals surface area contributed by atoms with Crippen molar-refractivity contribution in [2.75, 3.05) is 5.75 Å². The summed E-state index contributed by atoms with van der Waals surface area (Å²) in [6.07, 6.45) is 2.87. The van der Waals surface area contributed by atoms with Gasteiger partial charge in [0.2, 0.25) is 0 Å². The number of hydrogen-bond acceptors (Lipinski definition) is 2. The van der Waals surface area contributed by atoms with Crippen molar-refractivity contribution in [2.45, 2.75) is 33.1 Å². The Hall–Kier alpha value is 0.0200. The first kappa shape index (κ1) is 10.0. The van der Waals surface area contributed by atoms with Crippen LogP contribution in [0.3, 0.4) is 0 Å². The van der Waals surface area contributed by atoms with Gasteiger partial charge in [-0.3, -0.25) is 0 Å². The molecule has 0 aliphatic carbocycles. The van der Waals surface area contributed by atoms with Crippen molar-refractivity contribution in [3.8, 4) is 0 Å². The molecule has 0 amide bonds. The molecule has 10 heavy (non-hydrogen) atoms. The molecule has 0 saturated heterocycles. The maximum atomic E-state index is 10.6. The van der Waals surface area contributed by atoms with Gasteiger partial charge < -0.3 is 4.79 Å². The standard InChI is InChI=1S/C8H16OS/c1-3-8(6-10)5-4-7(2)9/h8,10H,3-6H2,1-2H3. The second-order valence-corrected chi connectivity index (χ2v) is 3.06. The lowest BCUT2D eigenvalue weighted by Gasteiger charge is -2.08. The average Bonchev–Trinajstić information content (AvgIpc) is 1.90. The minimum atomic E-state index is 0.292. The third-order valence-electron chi connectivity index (χ3n) is 1.74. The van der Waals surface area contributed by atoms with Crippen LogP contribution in [0.2, 0.25) is 0 Å². The van der Waals surface area contributed by atoms with Crippen LogP contribution in [0.25, 0.3) is 0 Å². The molecule has 0 N–H and O–H groups in total. The van der Waals surface area contributed by atoms with Crippen LogP contribution in [0.5, 0.6) is 0 Å². The molecule has 0 heterocycles. The van der Waals surface area contributed by atoms with Gasteiger partial charge in [0.15, 0.2) is 0 Å². The van der Waals surface area contributed by atoms with Crippen LogP contribution in [-0.2, 0) is 4.79 Å². The number of carbonyl (C=O) groups excluding carboxylic acids is 1. The van der Waals surface area contributed by atoms with E-state index in [2.05, 4.69) is 19.6 Å². The summed E-state index contributed by atoms with van der Waals surface area (Å²) >= 11 is 4.19. The SMILES string of the molecule is CCC(CS)CCC(C)=O. The molecule has 0 rings (SSSR count). The fourth-order valence-corrected chi connectivity index (χ4v) is 1.27. The zero-order valence-electron chi connectivity index (χ0n) is 6.76. The summed E-state index contributed by atoms with van der Waals surface area (Å²) in [5.41, 5.74) is 0. The normalized spacial score (nSPS) is 13.1. The van der Waals surface area contributed by atoms with Crippen LogP contribution in [0.4, 0.5) is 0 Å². The second-order valence-electron chi connectivity index (χ2n) is 2.70. The quantitative estimate of drug-likeness (QED) is 0.611. The van der Waals surface area contributed by atoms with Gasteiger partial charge in [-0.05, 0) is 25.0 Å². The Balaban J connectivity index is 3.34. The smallest absolute Gasteiger partial charge is 0.129 e. The molecule has 0 saturated carbocycles. The molecule has 60 valence electrons. The lowest BCUT2D eigenvalue weighted by Crippen LogP contribution is -2.03. The molecule has 1 nitrogen and oxygen atoms in total. The lowest BCUT2D eigenvalue weighted by atomic mass is 10.0. The highest BCUT2D eigenvalue weighted by Crippen LogP contribution is 2.12. The van der Waals surface area contributed by atoms with Crippen LogP contribution in [0.1, 0.15) is 33.1 Å². The van der Waals surface area contributed by atoms with Gasteiger partial charge in [0.1, 0.15) is 5.78 Å². The zero-order valence-corrected chi connectivity index (χ0v) is 7.66. The van der Waals surface area contributed by atoms with E-state index >= 15 is 0 Å². The van der Waals surface area contributed by atoms with Gasteiger partial charge in [0.05, 0.1) is 0 Å². The van der Waals surface area contributed by atoms with Crippen molar-refractivity contribution in [3.63, 3.8) is 0 Å². The van der Waals surface area contributed by atoms with E-state index in [4.69, 9.17) is 0 Å². The Morgan fingerprint density at radius 1 is 1.60 bits per heavy atom. The summed E-state index contributed by atoms with van der Waals surface area (Å²) in [5, 5.41) is 0. The van der Waals surface area contributed by atoms with Crippen LogP contribution >= 0.6 is 12.6 Å². The third kappa shape index (κ3) is 4.86. The number of Topliss-reactive ketones (excluding diaryl/α,β-unsaturated/α-hetero) is 1. The molecular weight excluding hydrogens is 144 g/mol. The van der Waals surface area contributed by atoms with Crippen molar-refractivity contribution in [1.29, 1.82) is 0 Å². The third-order valence-corrected chi connectivity index (χ3v) is 2.26. The summed E-state index contributed by atoms with van der Waals surface area (Å²) in [6, 6.07) is 0. The van der Waals surface area contributed by atoms with E-state index in [1.165, 1.54) is 0 Å². The van der Waals surface area contributed by atoms with E-state index in [-0.39, 0.29) is 0 Å². The van der Waals surface area contributed by atoms with Crippen LogP contribution in [0.15, 0.2) is 0 Å². The van der Waals surface area contributed by atoms with Crippen molar-refractivity contribution in [2.24, 2.45) is 5.92 Å². The van der Waals surface area contributed by atoms with Crippen molar-refractivity contribution >= 4 is 18.4 Å². The Morgan fingerprint density at radius 2 is 2.20 bits per heavy atom. The van der Waals surface area contributed by atoms with Crippen molar-refractivity contribution in [3.05, 3.63) is 0 Å². The van der Waals surface area contributed by atoms with E-state index in [9.17, 15) is 4.79 Å². The Morgan fingerprint density at radius 3 is 2.50 bits per heavy atom. The highest BCUT2D eigenvalue weighted by molar-refractivity contribution is 7.80. The van der Waals surface area contributed by atoms with E-state index in [0.717, 1.165) is 25.0 Å². The van der Waals surface area contributed by atoms with E-state index < -0.39 is 0 Å².